The average Bonchev–Trinajstić information content (AvgIpc) is 3.30. The Hall–Kier alpha value is -2.43. The lowest BCUT2D eigenvalue weighted by Gasteiger charge is -2.13. The van der Waals surface area contributed by atoms with Gasteiger partial charge in [0.2, 0.25) is 0 Å². The zero-order valence-corrected chi connectivity index (χ0v) is 21.4. The Morgan fingerprint density at radius 1 is 1.16 bits per heavy atom. The Morgan fingerprint density at radius 3 is 2.72 bits per heavy atom. The van der Waals surface area contributed by atoms with E-state index in [0.29, 0.717) is 27.6 Å². The fourth-order valence-corrected chi connectivity index (χ4v) is 5.38. The number of benzene rings is 3. The Kier molecular flexibility index (Phi) is 5.92. The van der Waals surface area contributed by atoms with Crippen molar-refractivity contribution in [1.82, 2.24) is 9.38 Å². The second kappa shape index (κ2) is 8.84. The Morgan fingerprint density at radius 2 is 1.94 bits per heavy atom. The summed E-state index contributed by atoms with van der Waals surface area (Å²) in [5.74, 6) is 1.22. The summed E-state index contributed by atoms with van der Waals surface area (Å²) in [6, 6.07) is 19.6. The van der Waals surface area contributed by atoms with Crippen molar-refractivity contribution < 1.29 is 9.47 Å². The number of hydrogen-bond acceptors (Lipinski definition) is 5. The van der Waals surface area contributed by atoms with Gasteiger partial charge in [-0.2, -0.15) is 0 Å². The molecule has 0 aliphatic heterocycles. The first-order valence-corrected chi connectivity index (χ1v) is 12.4. The van der Waals surface area contributed by atoms with E-state index in [1.54, 1.807) is 11.5 Å². The molecule has 5 nitrogen and oxygen atoms in total. The molecule has 0 bridgehead atoms. The van der Waals surface area contributed by atoms with Crippen LogP contribution in [0.3, 0.4) is 0 Å². The first-order chi connectivity index (χ1) is 15.5. The monoisotopic (exact) mass is 618 g/mol. The number of para-hydroxylation sites is 2. The summed E-state index contributed by atoms with van der Waals surface area (Å²) in [7, 11) is 1.60. The van der Waals surface area contributed by atoms with Gasteiger partial charge in [0.1, 0.15) is 6.61 Å². The van der Waals surface area contributed by atoms with Crippen LogP contribution in [0, 0.1) is 3.57 Å². The zero-order valence-electron chi connectivity index (χ0n) is 16.8. The van der Waals surface area contributed by atoms with Gasteiger partial charge in [-0.25, -0.2) is 9.38 Å². The SMILES string of the molecule is COc1cc(/C=c2\sc3nc4ccccc4n3c2=O)cc(Br)c1OCc1ccc(I)cc1. The van der Waals surface area contributed by atoms with Crippen LogP contribution in [0.15, 0.2) is 69.9 Å². The van der Waals surface area contributed by atoms with Crippen molar-refractivity contribution in [2.24, 2.45) is 0 Å². The van der Waals surface area contributed by atoms with Gasteiger partial charge in [0, 0.05) is 3.57 Å². The molecule has 0 aliphatic rings. The van der Waals surface area contributed by atoms with Crippen molar-refractivity contribution >= 4 is 71.9 Å². The summed E-state index contributed by atoms with van der Waals surface area (Å²) in [5.41, 5.74) is 3.47. The second-order valence-electron chi connectivity index (χ2n) is 7.08. The Bertz CT molecular complexity index is 1560. The highest BCUT2D eigenvalue weighted by molar-refractivity contribution is 14.1. The molecule has 0 spiro atoms. The standard InChI is InChI=1S/C24H16BrIN2O3S/c1-30-20-11-15(10-17(25)22(20)31-13-14-6-8-16(26)9-7-14)12-21-23(29)28-19-5-3-2-4-18(19)27-24(28)32-21/h2-12H,13H2,1H3/b21-12-. The fourth-order valence-electron chi connectivity index (χ4n) is 3.46. The summed E-state index contributed by atoms with van der Waals surface area (Å²) in [5, 5.41) is 0. The van der Waals surface area contributed by atoms with Gasteiger partial charge in [-0.15, -0.1) is 0 Å². The smallest absolute Gasteiger partial charge is 0.274 e. The van der Waals surface area contributed by atoms with E-state index >= 15 is 0 Å². The third-order valence-electron chi connectivity index (χ3n) is 4.99. The fraction of sp³-hybridized carbons (Fsp3) is 0.0833. The van der Waals surface area contributed by atoms with Crippen molar-refractivity contribution in [3.8, 4) is 11.5 Å². The van der Waals surface area contributed by atoms with E-state index in [9.17, 15) is 4.79 Å². The van der Waals surface area contributed by atoms with Gasteiger partial charge >= 0.3 is 0 Å². The van der Waals surface area contributed by atoms with E-state index < -0.39 is 0 Å². The van der Waals surface area contributed by atoms with E-state index in [1.807, 2.05) is 66.7 Å². The number of fused-ring (bicyclic) bond motifs is 3. The lowest BCUT2D eigenvalue weighted by atomic mass is 10.2. The molecule has 0 radical (unpaired) electrons. The third-order valence-corrected chi connectivity index (χ3v) is 7.27. The van der Waals surface area contributed by atoms with Gasteiger partial charge in [-0.05, 0) is 92.1 Å². The summed E-state index contributed by atoms with van der Waals surface area (Å²) in [4.78, 5) is 18.3. The van der Waals surface area contributed by atoms with E-state index in [-0.39, 0.29) is 5.56 Å². The predicted octanol–water partition coefficient (Wildman–Crippen LogP) is 5.41. The highest BCUT2D eigenvalue weighted by Crippen LogP contribution is 2.37. The number of halogens is 2. The summed E-state index contributed by atoms with van der Waals surface area (Å²) >= 11 is 7.25. The molecule has 160 valence electrons. The molecular formula is C24H16BrIN2O3S. The van der Waals surface area contributed by atoms with Crippen LogP contribution >= 0.6 is 49.9 Å². The van der Waals surface area contributed by atoms with Crippen molar-refractivity contribution in [3.05, 3.63) is 94.7 Å². The first kappa shape index (κ1) is 21.4. The Balaban J connectivity index is 1.51. The maximum absolute atomic E-state index is 13.0. The van der Waals surface area contributed by atoms with Gasteiger partial charge in [0.25, 0.3) is 5.56 Å². The molecule has 0 saturated carbocycles. The lowest BCUT2D eigenvalue weighted by molar-refractivity contribution is 0.282. The van der Waals surface area contributed by atoms with Gasteiger partial charge < -0.3 is 9.47 Å². The van der Waals surface area contributed by atoms with Crippen molar-refractivity contribution in [2.45, 2.75) is 6.61 Å². The molecule has 0 aliphatic carbocycles. The zero-order chi connectivity index (χ0) is 22.2. The van der Waals surface area contributed by atoms with Gasteiger partial charge in [-0.3, -0.25) is 4.79 Å². The number of thiazole rings is 1. The van der Waals surface area contributed by atoms with Gasteiger partial charge in [0.15, 0.2) is 16.5 Å². The van der Waals surface area contributed by atoms with Crippen molar-refractivity contribution in [3.63, 3.8) is 0 Å². The largest absolute Gasteiger partial charge is 0.493 e. The minimum Gasteiger partial charge on any atom is -0.493 e. The lowest BCUT2D eigenvalue weighted by Crippen LogP contribution is -2.22. The summed E-state index contributed by atoms with van der Waals surface area (Å²) < 4.78 is 15.8. The van der Waals surface area contributed by atoms with Crippen LogP contribution in [0.1, 0.15) is 11.1 Å². The molecule has 0 amide bonds. The van der Waals surface area contributed by atoms with E-state index in [2.05, 4.69) is 43.5 Å². The number of aromatic nitrogens is 2. The number of methoxy groups -OCH3 is 1. The first-order valence-electron chi connectivity index (χ1n) is 9.70. The molecule has 3 aromatic carbocycles. The maximum Gasteiger partial charge on any atom is 0.274 e. The van der Waals surface area contributed by atoms with Gasteiger partial charge in [-0.1, -0.05) is 35.6 Å². The third kappa shape index (κ3) is 4.02. The molecule has 0 atom stereocenters. The molecule has 2 aromatic heterocycles. The Labute approximate surface area is 209 Å². The van der Waals surface area contributed by atoms with Gasteiger partial charge in [0.05, 0.1) is 27.1 Å². The molecule has 0 N–H and O–H groups in total. The van der Waals surface area contributed by atoms with Crippen LogP contribution in [0.2, 0.25) is 0 Å². The van der Waals surface area contributed by atoms with Crippen molar-refractivity contribution in [1.29, 1.82) is 0 Å². The van der Waals surface area contributed by atoms with Crippen LogP contribution in [-0.2, 0) is 6.61 Å². The summed E-state index contributed by atoms with van der Waals surface area (Å²) in [6.45, 7) is 0.425. The molecule has 0 saturated heterocycles. The van der Waals surface area contributed by atoms with Crippen LogP contribution in [-0.4, -0.2) is 16.5 Å². The van der Waals surface area contributed by atoms with Crippen LogP contribution < -0.4 is 19.6 Å². The number of imidazole rings is 1. The topological polar surface area (TPSA) is 52.8 Å². The minimum absolute atomic E-state index is 0.0761. The molecule has 32 heavy (non-hydrogen) atoms. The van der Waals surface area contributed by atoms with Crippen LogP contribution in [0.5, 0.6) is 11.5 Å². The normalized spacial score (nSPS) is 12.0. The maximum atomic E-state index is 13.0. The van der Waals surface area contributed by atoms with Crippen molar-refractivity contribution in [2.75, 3.05) is 7.11 Å². The molecule has 8 heteroatoms. The van der Waals surface area contributed by atoms with E-state index in [4.69, 9.17) is 9.47 Å². The second-order valence-corrected chi connectivity index (χ2v) is 10.2. The summed E-state index contributed by atoms with van der Waals surface area (Å²) in [6.07, 6.45) is 1.85. The molecule has 5 rings (SSSR count). The number of rotatable bonds is 5. The number of nitrogens with zero attached hydrogens (tertiary/aromatic N) is 2. The molecular weight excluding hydrogens is 603 g/mol. The van der Waals surface area contributed by atoms with Crippen LogP contribution in [0.4, 0.5) is 0 Å². The molecule has 5 aromatic rings. The quantitative estimate of drug-likeness (QED) is 0.247. The van der Waals surface area contributed by atoms with E-state index in [0.717, 1.165) is 26.6 Å². The number of hydrogen-bond donors (Lipinski definition) is 0. The number of ether oxygens (including phenoxy) is 2. The molecule has 2 heterocycles. The molecule has 0 fully saturated rings. The van der Waals surface area contributed by atoms with Crippen LogP contribution in [0.25, 0.3) is 22.1 Å². The molecule has 0 unspecified atom stereocenters. The predicted molar refractivity (Wildman–Crippen MR) is 140 cm³/mol. The average molecular weight is 619 g/mol. The highest BCUT2D eigenvalue weighted by atomic mass is 127. The minimum atomic E-state index is -0.0761. The highest BCUT2D eigenvalue weighted by Gasteiger charge is 2.14. The van der Waals surface area contributed by atoms with E-state index in [1.165, 1.54) is 14.9 Å².